The van der Waals surface area contributed by atoms with Gasteiger partial charge in [-0.25, -0.2) is 4.98 Å². The van der Waals surface area contributed by atoms with Gasteiger partial charge in [0.2, 0.25) is 5.13 Å². The van der Waals surface area contributed by atoms with Crippen molar-refractivity contribution in [3.8, 4) is 0 Å². The van der Waals surface area contributed by atoms with Crippen molar-refractivity contribution in [1.29, 1.82) is 0 Å². The summed E-state index contributed by atoms with van der Waals surface area (Å²) in [5, 5.41) is 4.69. The molecule has 0 aromatic carbocycles. The van der Waals surface area contributed by atoms with Crippen LogP contribution in [0, 0.1) is 23.7 Å². The largest absolute Gasteiger partial charge is 0.357 e. The van der Waals surface area contributed by atoms with Crippen molar-refractivity contribution in [2.45, 2.75) is 45.1 Å². The molecule has 0 saturated heterocycles. The molecular weight excluding hydrogens is 230 g/mol. The summed E-state index contributed by atoms with van der Waals surface area (Å²) in [6.45, 7) is 4.30. The van der Waals surface area contributed by atoms with Crippen LogP contribution < -0.4 is 5.32 Å². The number of nitrogens with zero attached hydrogens (tertiary/aromatic N) is 2. The summed E-state index contributed by atoms with van der Waals surface area (Å²) in [6.07, 6.45) is 4.48. The maximum absolute atomic E-state index is 4.58. The molecule has 1 aromatic rings. The zero-order valence-electron chi connectivity index (χ0n) is 10.4. The van der Waals surface area contributed by atoms with Crippen molar-refractivity contribution >= 4 is 16.7 Å². The third-order valence-electron chi connectivity index (χ3n) is 4.98. The third kappa shape index (κ3) is 1.46. The molecule has 0 radical (unpaired) electrons. The maximum Gasteiger partial charge on any atom is 0.202 e. The minimum absolute atomic E-state index is 0.441. The van der Waals surface area contributed by atoms with Crippen LogP contribution in [0.3, 0.4) is 0 Å². The molecule has 4 unspecified atom stereocenters. The number of nitrogens with one attached hydrogen (secondary N) is 1. The molecule has 1 N–H and O–H groups in total. The number of aromatic nitrogens is 2. The molecule has 4 heteroatoms. The van der Waals surface area contributed by atoms with Crippen LogP contribution in [-0.4, -0.2) is 15.4 Å². The fourth-order valence-corrected chi connectivity index (χ4v) is 4.94. The van der Waals surface area contributed by atoms with Gasteiger partial charge in [0, 0.05) is 23.5 Å². The van der Waals surface area contributed by atoms with Crippen molar-refractivity contribution in [2.75, 3.05) is 5.32 Å². The van der Waals surface area contributed by atoms with Gasteiger partial charge in [-0.2, -0.15) is 4.37 Å². The molecule has 92 valence electrons. The van der Waals surface area contributed by atoms with Gasteiger partial charge in [-0.3, -0.25) is 0 Å². The fourth-order valence-electron chi connectivity index (χ4n) is 4.19. The molecule has 17 heavy (non-hydrogen) atoms. The first-order valence-electron chi connectivity index (χ1n) is 6.84. The van der Waals surface area contributed by atoms with E-state index in [1.54, 1.807) is 0 Å². The predicted molar refractivity (Wildman–Crippen MR) is 69.2 cm³/mol. The fraction of sp³-hybridized carbons (Fsp3) is 0.846. The lowest BCUT2D eigenvalue weighted by Gasteiger charge is -2.08. The highest BCUT2D eigenvalue weighted by atomic mass is 32.1. The monoisotopic (exact) mass is 249 g/mol. The molecule has 0 amide bonds. The average Bonchev–Trinajstić information content (AvgIpc) is 2.76. The first-order valence-corrected chi connectivity index (χ1v) is 7.61. The van der Waals surface area contributed by atoms with Crippen LogP contribution in [-0.2, 0) is 0 Å². The summed E-state index contributed by atoms with van der Waals surface area (Å²) < 4.78 is 4.41. The van der Waals surface area contributed by atoms with E-state index < -0.39 is 0 Å². The first kappa shape index (κ1) is 10.3. The van der Waals surface area contributed by atoms with E-state index in [2.05, 4.69) is 28.5 Å². The molecule has 0 spiro atoms. The van der Waals surface area contributed by atoms with E-state index in [1.807, 2.05) is 0 Å². The van der Waals surface area contributed by atoms with Gasteiger partial charge in [0.05, 0.1) is 0 Å². The van der Waals surface area contributed by atoms with Crippen molar-refractivity contribution < 1.29 is 0 Å². The predicted octanol–water partition coefficient (Wildman–Crippen LogP) is 3.12. The Labute approximate surface area is 106 Å². The van der Waals surface area contributed by atoms with Gasteiger partial charge >= 0.3 is 0 Å². The van der Waals surface area contributed by atoms with E-state index in [0.717, 1.165) is 40.7 Å². The SMILES string of the molecule is CC(C)c1nsc(NC2C3C4CCC(C4)C23)n1. The van der Waals surface area contributed by atoms with Gasteiger partial charge in [-0.1, -0.05) is 13.8 Å². The quantitative estimate of drug-likeness (QED) is 0.894. The van der Waals surface area contributed by atoms with Crippen LogP contribution >= 0.6 is 11.5 Å². The van der Waals surface area contributed by atoms with Gasteiger partial charge in [0.25, 0.3) is 0 Å². The summed E-state index contributed by atoms with van der Waals surface area (Å²) in [4.78, 5) is 4.58. The summed E-state index contributed by atoms with van der Waals surface area (Å²) in [5.41, 5.74) is 0. The van der Waals surface area contributed by atoms with E-state index in [1.165, 1.54) is 30.8 Å². The van der Waals surface area contributed by atoms with E-state index in [-0.39, 0.29) is 0 Å². The molecule has 1 heterocycles. The van der Waals surface area contributed by atoms with Crippen LogP contribution in [0.25, 0.3) is 0 Å². The third-order valence-corrected chi connectivity index (χ3v) is 5.64. The van der Waals surface area contributed by atoms with Crippen molar-refractivity contribution in [3.63, 3.8) is 0 Å². The van der Waals surface area contributed by atoms with Crippen molar-refractivity contribution in [1.82, 2.24) is 9.36 Å². The highest BCUT2D eigenvalue weighted by Gasteiger charge is 2.65. The Morgan fingerprint density at radius 3 is 2.53 bits per heavy atom. The average molecular weight is 249 g/mol. The molecule has 3 aliphatic carbocycles. The Kier molecular flexibility index (Phi) is 2.08. The molecule has 3 fully saturated rings. The second-order valence-corrected chi connectivity index (χ2v) is 7.02. The van der Waals surface area contributed by atoms with Crippen LogP contribution in [0.4, 0.5) is 5.13 Å². The second-order valence-electron chi connectivity index (χ2n) is 6.27. The number of fused-ring (bicyclic) bond motifs is 5. The van der Waals surface area contributed by atoms with Gasteiger partial charge in [0.15, 0.2) is 0 Å². The van der Waals surface area contributed by atoms with Crippen LogP contribution in [0.15, 0.2) is 0 Å². The molecule has 2 bridgehead atoms. The van der Waals surface area contributed by atoms with E-state index in [4.69, 9.17) is 0 Å². The van der Waals surface area contributed by atoms with E-state index in [9.17, 15) is 0 Å². The van der Waals surface area contributed by atoms with Gasteiger partial charge in [0.1, 0.15) is 5.82 Å². The normalized spacial score (nSPS) is 41.9. The Morgan fingerprint density at radius 1 is 1.24 bits per heavy atom. The second kappa shape index (κ2) is 3.44. The number of hydrogen-bond donors (Lipinski definition) is 1. The Balaban J connectivity index is 1.45. The maximum atomic E-state index is 4.58. The molecular formula is C13H19N3S. The smallest absolute Gasteiger partial charge is 0.202 e. The van der Waals surface area contributed by atoms with Crippen molar-refractivity contribution in [2.24, 2.45) is 23.7 Å². The zero-order valence-corrected chi connectivity index (χ0v) is 11.2. The lowest BCUT2D eigenvalue weighted by molar-refractivity contribution is 0.456. The van der Waals surface area contributed by atoms with Gasteiger partial charge in [-0.15, -0.1) is 0 Å². The van der Waals surface area contributed by atoms with Gasteiger partial charge in [-0.05, 0) is 42.9 Å². The highest BCUT2D eigenvalue weighted by molar-refractivity contribution is 7.09. The summed E-state index contributed by atoms with van der Waals surface area (Å²) in [5.74, 6) is 5.43. The Bertz CT molecular complexity index is 426. The molecule has 3 aliphatic rings. The molecule has 3 nitrogen and oxygen atoms in total. The molecule has 3 saturated carbocycles. The number of hydrogen-bond acceptors (Lipinski definition) is 4. The molecule has 4 rings (SSSR count). The summed E-state index contributed by atoms with van der Waals surface area (Å²) in [7, 11) is 0. The van der Waals surface area contributed by atoms with Crippen molar-refractivity contribution in [3.05, 3.63) is 5.82 Å². The zero-order chi connectivity index (χ0) is 11.6. The van der Waals surface area contributed by atoms with Crippen LogP contribution in [0.1, 0.15) is 44.9 Å². The minimum atomic E-state index is 0.441. The molecule has 1 aromatic heterocycles. The number of anilines is 1. The standard InChI is InChI=1S/C13H19N3S/c1-6(2)12-15-13(17-16-12)14-11-9-7-3-4-8(5-7)10(9)11/h6-11H,3-5H2,1-2H3,(H,14,15,16). The number of rotatable bonds is 3. The lowest BCUT2D eigenvalue weighted by atomic mass is 10.0. The topological polar surface area (TPSA) is 37.8 Å². The highest BCUT2D eigenvalue weighted by Crippen LogP contribution is 2.66. The Morgan fingerprint density at radius 2 is 1.94 bits per heavy atom. The van der Waals surface area contributed by atoms with Crippen LogP contribution in [0.2, 0.25) is 0 Å². The van der Waals surface area contributed by atoms with E-state index in [0.29, 0.717) is 5.92 Å². The van der Waals surface area contributed by atoms with Gasteiger partial charge < -0.3 is 5.32 Å². The summed E-state index contributed by atoms with van der Waals surface area (Å²) >= 11 is 1.54. The molecule has 4 atom stereocenters. The lowest BCUT2D eigenvalue weighted by Crippen LogP contribution is -2.12. The summed E-state index contributed by atoms with van der Waals surface area (Å²) in [6, 6.07) is 0.731. The Hall–Kier alpha value is -0.640. The minimum Gasteiger partial charge on any atom is -0.357 e. The molecule has 0 aliphatic heterocycles. The van der Waals surface area contributed by atoms with Crippen LogP contribution in [0.5, 0.6) is 0 Å². The first-order chi connectivity index (χ1) is 8.24. The van der Waals surface area contributed by atoms with E-state index >= 15 is 0 Å².